The van der Waals surface area contributed by atoms with Crippen LogP contribution in [0.1, 0.15) is 22.6 Å². The molecule has 0 spiro atoms. The van der Waals surface area contributed by atoms with Gasteiger partial charge >= 0.3 is 6.18 Å². The molecule has 0 aromatic heterocycles. The van der Waals surface area contributed by atoms with Gasteiger partial charge in [0.05, 0.1) is 12.1 Å². The molecule has 0 bridgehead atoms. The van der Waals surface area contributed by atoms with Gasteiger partial charge in [-0.3, -0.25) is 9.59 Å². The van der Waals surface area contributed by atoms with E-state index in [1.807, 2.05) is 0 Å². The smallest absolute Gasteiger partial charge is 0.358 e. The number of nitrogens with one attached hydrogen (secondary N) is 2. The summed E-state index contributed by atoms with van der Waals surface area (Å²) in [6.07, 6.45) is -3.91. The first-order valence-corrected chi connectivity index (χ1v) is 7.45. The third-order valence-electron chi connectivity index (χ3n) is 3.80. The number of hydrogen-bond donors (Lipinski definition) is 2. The lowest BCUT2D eigenvalue weighted by molar-refractivity contribution is -0.138. The third kappa shape index (κ3) is 5.23. The van der Waals surface area contributed by atoms with Gasteiger partial charge in [0, 0.05) is 26.1 Å². The van der Waals surface area contributed by atoms with Crippen molar-refractivity contribution >= 4 is 12.3 Å². The molecular formula is C16H22F3N3O2. The van der Waals surface area contributed by atoms with Crippen molar-refractivity contribution in [2.75, 3.05) is 33.7 Å². The number of carbonyl (C=O) groups is 2. The molecule has 0 aliphatic heterocycles. The fraction of sp³-hybridized carbons (Fsp3) is 0.500. The topological polar surface area (TPSA) is 61.4 Å². The van der Waals surface area contributed by atoms with Crippen LogP contribution in [0.15, 0.2) is 18.2 Å². The molecule has 1 unspecified atom stereocenters. The Kier molecular flexibility index (Phi) is 7.21. The van der Waals surface area contributed by atoms with Crippen LogP contribution in [0, 0.1) is 6.92 Å². The molecule has 2 N–H and O–H groups in total. The van der Waals surface area contributed by atoms with E-state index in [2.05, 4.69) is 10.6 Å². The summed E-state index contributed by atoms with van der Waals surface area (Å²) in [7, 11) is 3.13. The second kappa shape index (κ2) is 8.68. The number of likely N-dealkylation sites (N-methyl/N-ethyl adjacent to an activating group) is 2. The van der Waals surface area contributed by atoms with E-state index in [1.165, 1.54) is 24.9 Å². The maximum atomic E-state index is 13.1. The maximum absolute atomic E-state index is 13.1. The van der Waals surface area contributed by atoms with E-state index in [0.29, 0.717) is 18.5 Å². The molecule has 0 radical (unpaired) electrons. The number of benzene rings is 1. The molecule has 8 heteroatoms. The highest BCUT2D eigenvalue weighted by Gasteiger charge is 2.33. The van der Waals surface area contributed by atoms with Gasteiger partial charge in [0.2, 0.25) is 12.3 Å². The molecule has 0 aliphatic carbocycles. The van der Waals surface area contributed by atoms with E-state index in [-0.39, 0.29) is 30.5 Å². The van der Waals surface area contributed by atoms with E-state index >= 15 is 0 Å². The number of hydrogen-bond acceptors (Lipinski definition) is 3. The Morgan fingerprint density at radius 2 is 2.00 bits per heavy atom. The number of rotatable bonds is 8. The van der Waals surface area contributed by atoms with Crippen LogP contribution in [0.2, 0.25) is 0 Å². The van der Waals surface area contributed by atoms with Crippen molar-refractivity contribution in [2.24, 2.45) is 0 Å². The first-order chi connectivity index (χ1) is 11.2. The van der Waals surface area contributed by atoms with Crippen LogP contribution in [-0.4, -0.2) is 50.9 Å². The average molecular weight is 345 g/mol. The third-order valence-corrected chi connectivity index (χ3v) is 3.80. The van der Waals surface area contributed by atoms with Crippen LogP contribution >= 0.6 is 0 Å². The van der Waals surface area contributed by atoms with E-state index in [1.54, 1.807) is 13.1 Å². The molecule has 2 amide bonds. The van der Waals surface area contributed by atoms with Gasteiger partial charge in [-0.1, -0.05) is 12.1 Å². The Bertz CT molecular complexity index is 576. The fourth-order valence-corrected chi connectivity index (χ4v) is 2.61. The van der Waals surface area contributed by atoms with Gasteiger partial charge in [-0.25, -0.2) is 0 Å². The summed E-state index contributed by atoms with van der Waals surface area (Å²) in [6, 6.07) is 4.02. The predicted octanol–water partition coefficient (Wildman–Crippen LogP) is 1.52. The van der Waals surface area contributed by atoms with Gasteiger partial charge in [-0.15, -0.1) is 0 Å². The molecule has 1 aromatic carbocycles. The molecule has 1 rings (SSSR count). The van der Waals surface area contributed by atoms with Crippen molar-refractivity contribution in [1.29, 1.82) is 0 Å². The summed E-state index contributed by atoms with van der Waals surface area (Å²) in [6.45, 7) is 1.79. The number of halogens is 3. The van der Waals surface area contributed by atoms with Gasteiger partial charge in [-0.2, -0.15) is 13.2 Å². The standard InChI is InChI=1S/C16H22F3N3O2/c1-11-13(5-4-6-14(11)16(17,18)19)12(7-20-2)8-22(10-23)9-15(24)21-3/h4-6,10,12,20H,7-9H2,1-3H3,(H,21,24). The van der Waals surface area contributed by atoms with Crippen LogP contribution in [0.4, 0.5) is 13.2 Å². The van der Waals surface area contributed by atoms with Gasteiger partial charge in [0.1, 0.15) is 0 Å². The Hall–Kier alpha value is -2.09. The fourth-order valence-electron chi connectivity index (χ4n) is 2.61. The largest absolute Gasteiger partial charge is 0.416 e. The molecule has 24 heavy (non-hydrogen) atoms. The monoisotopic (exact) mass is 345 g/mol. The lowest BCUT2D eigenvalue weighted by Gasteiger charge is -2.26. The highest BCUT2D eigenvalue weighted by atomic mass is 19.4. The van der Waals surface area contributed by atoms with Crippen LogP contribution in [0.3, 0.4) is 0 Å². The minimum atomic E-state index is -4.43. The summed E-state index contributed by atoms with van der Waals surface area (Å²) in [4.78, 5) is 23.9. The first kappa shape index (κ1) is 20.0. The lowest BCUT2D eigenvalue weighted by Crippen LogP contribution is -2.39. The molecule has 0 aliphatic rings. The number of carbonyl (C=O) groups excluding carboxylic acids is 2. The van der Waals surface area contributed by atoms with Crippen molar-refractivity contribution in [3.05, 3.63) is 34.9 Å². The lowest BCUT2D eigenvalue weighted by atomic mass is 9.91. The number of amides is 2. The SMILES string of the molecule is CNCC(CN(C=O)CC(=O)NC)c1cccc(C(F)(F)F)c1C. The Labute approximate surface area is 139 Å². The zero-order chi connectivity index (χ0) is 18.3. The van der Waals surface area contributed by atoms with Crippen molar-refractivity contribution in [3.63, 3.8) is 0 Å². The van der Waals surface area contributed by atoms with Crippen molar-refractivity contribution in [2.45, 2.75) is 19.0 Å². The summed E-state index contributed by atoms with van der Waals surface area (Å²) in [5.41, 5.74) is -0.0518. The Morgan fingerprint density at radius 1 is 1.33 bits per heavy atom. The van der Waals surface area contributed by atoms with E-state index in [0.717, 1.165) is 6.07 Å². The zero-order valence-electron chi connectivity index (χ0n) is 13.9. The van der Waals surface area contributed by atoms with E-state index < -0.39 is 11.7 Å². The minimum absolute atomic E-state index is 0.135. The van der Waals surface area contributed by atoms with Crippen molar-refractivity contribution < 1.29 is 22.8 Å². The predicted molar refractivity (Wildman–Crippen MR) is 84.6 cm³/mol. The number of alkyl halides is 3. The molecule has 0 heterocycles. The van der Waals surface area contributed by atoms with Crippen molar-refractivity contribution in [1.82, 2.24) is 15.5 Å². The second-order valence-corrected chi connectivity index (χ2v) is 5.48. The highest BCUT2D eigenvalue weighted by molar-refractivity contribution is 5.79. The van der Waals surface area contributed by atoms with Crippen LogP contribution in [-0.2, 0) is 15.8 Å². The minimum Gasteiger partial charge on any atom is -0.358 e. The maximum Gasteiger partial charge on any atom is 0.416 e. The van der Waals surface area contributed by atoms with Crippen LogP contribution < -0.4 is 10.6 Å². The van der Waals surface area contributed by atoms with Gasteiger partial charge in [-0.05, 0) is 31.2 Å². The van der Waals surface area contributed by atoms with Crippen LogP contribution in [0.5, 0.6) is 0 Å². The highest BCUT2D eigenvalue weighted by Crippen LogP contribution is 2.35. The van der Waals surface area contributed by atoms with E-state index in [9.17, 15) is 22.8 Å². The zero-order valence-corrected chi connectivity index (χ0v) is 13.9. The molecule has 1 aromatic rings. The summed E-state index contributed by atoms with van der Waals surface area (Å²) in [5.74, 6) is -0.710. The molecule has 0 saturated carbocycles. The molecule has 5 nitrogen and oxygen atoms in total. The molecule has 134 valence electrons. The first-order valence-electron chi connectivity index (χ1n) is 7.45. The molecular weight excluding hydrogens is 323 g/mol. The van der Waals surface area contributed by atoms with Crippen LogP contribution in [0.25, 0.3) is 0 Å². The quantitative estimate of drug-likeness (QED) is 0.703. The normalized spacial score (nSPS) is 12.6. The average Bonchev–Trinajstić information content (AvgIpc) is 2.52. The summed E-state index contributed by atoms with van der Waals surface area (Å²) >= 11 is 0. The molecule has 1 atom stereocenters. The van der Waals surface area contributed by atoms with Gasteiger partial charge in [0.25, 0.3) is 0 Å². The Morgan fingerprint density at radius 3 is 2.50 bits per heavy atom. The van der Waals surface area contributed by atoms with Gasteiger partial charge < -0.3 is 15.5 Å². The number of nitrogens with zero attached hydrogens (tertiary/aromatic N) is 1. The second-order valence-electron chi connectivity index (χ2n) is 5.48. The molecule has 0 fully saturated rings. The van der Waals surface area contributed by atoms with Gasteiger partial charge in [0.15, 0.2) is 0 Å². The summed E-state index contributed by atoms with van der Waals surface area (Å²) < 4.78 is 39.3. The van der Waals surface area contributed by atoms with E-state index in [4.69, 9.17) is 0 Å². The summed E-state index contributed by atoms with van der Waals surface area (Å²) in [5, 5.41) is 5.34. The Balaban J connectivity index is 3.12. The molecule has 0 saturated heterocycles. The van der Waals surface area contributed by atoms with Crippen molar-refractivity contribution in [3.8, 4) is 0 Å².